The van der Waals surface area contributed by atoms with E-state index in [1.807, 2.05) is 6.07 Å². The van der Waals surface area contributed by atoms with Gasteiger partial charge in [-0.3, -0.25) is 0 Å². The van der Waals surface area contributed by atoms with E-state index in [0.29, 0.717) is 5.76 Å². The Morgan fingerprint density at radius 1 is 1.70 bits per heavy atom. The van der Waals surface area contributed by atoms with Gasteiger partial charge in [0.05, 0.1) is 6.26 Å². The molecule has 1 heterocycles. The van der Waals surface area contributed by atoms with Crippen LogP contribution in [0.25, 0.3) is 0 Å². The van der Waals surface area contributed by atoms with Crippen molar-refractivity contribution in [3.05, 3.63) is 31.6 Å². The maximum Gasteiger partial charge on any atom is 0.229 e. The summed E-state index contributed by atoms with van der Waals surface area (Å²) in [6, 6.07) is 5.07. The smallest absolute Gasteiger partial charge is 0.229 e. The molecule has 0 aliphatic heterocycles. The van der Waals surface area contributed by atoms with E-state index in [2.05, 4.69) is 5.73 Å². The highest BCUT2D eigenvalue weighted by molar-refractivity contribution is 5.07. The second-order valence-electron chi connectivity index (χ2n) is 1.70. The molecule has 0 saturated heterocycles. The van der Waals surface area contributed by atoms with Crippen molar-refractivity contribution in [2.24, 2.45) is 0 Å². The predicted molar refractivity (Wildman–Crippen MR) is 36.4 cm³/mol. The molecule has 1 aromatic heterocycles. The Morgan fingerprint density at radius 2 is 2.40 bits per heavy atom. The van der Waals surface area contributed by atoms with Gasteiger partial charge in [0, 0.05) is 0 Å². The van der Waals surface area contributed by atoms with Crippen LogP contribution in [-0.2, 0) is 0 Å². The summed E-state index contributed by atoms with van der Waals surface area (Å²) in [5.41, 5.74) is 3.54. The SMILES string of the molecule is N#CC([NH3+])c1ccco1.[CH3-]. The number of hydrogen-bond donors (Lipinski definition) is 1. The normalized spacial score (nSPS) is 11.2. The number of hydrogen-bond acceptors (Lipinski definition) is 2. The maximum atomic E-state index is 8.33. The molecular formula is C7H10N2O. The van der Waals surface area contributed by atoms with Crippen molar-refractivity contribution in [3.63, 3.8) is 0 Å². The molecule has 0 spiro atoms. The van der Waals surface area contributed by atoms with Gasteiger partial charge in [0.1, 0.15) is 6.07 Å². The van der Waals surface area contributed by atoms with Crippen LogP contribution in [0.5, 0.6) is 0 Å². The topological polar surface area (TPSA) is 64.6 Å². The zero-order chi connectivity index (χ0) is 6.69. The third kappa shape index (κ3) is 1.61. The second-order valence-corrected chi connectivity index (χ2v) is 1.70. The Labute approximate surface area is 60.1 Å². The molecule has 1 aromatic rings. The van der Waals surface area contributed by atoms with Crippen molar-refractivity contribution in [2.45, 2.75) is 6.04 Å². The molecule has 0 radical (unpaired) electrons. The first-order chi connectivity index (χ1) is 4.34. The molecule has 1 unspecified atom stereocenters. The minimum Gasteiger partial charge on any atom is -0.462 e. The third-order valence-electron chi connectivity index (χ3n) is 1.04. The van der Waals surface area contributed by atoms with E-state index in [1.54, 1.807) is 12.1 Å². The fourth-order valence-corrected chi connectivity index (χ4v) is 0.553. The predicted octanol–water partition coefficient (Wildman–Crippen LogP) is 0.536. The van der Waals surface area contributed by atoms with Crippen molar-refractivity contribution in [1.29, 1.82) is 5.26 Å². The standard InChI is InChI=1S/C6H6N2O.CH3/c7-4-5(8)6-2-1-3-9-6;/h1-3,5H,8H2;1H3/q;-1/p+1. The van der Waals surface area contributed by atoms with Crippen molar-refractivity contribution in [3.8, 4) is 6.07 Å². The van der Waals surface area contributed by atoms with Crippen LogP contribution in [0.4, 0.5) is 0 Å². The Bertz CT molecular complexity index is 210. The molecule has 0 aliphatic rings. The largest absolute Gasteiger partial charge is 0.462 e. The summed E-state index contributed by atoms with van der Waals surface area (Å²) in [6.07, 6.45) is 1.53. The Hall–Kier alpha value is -1.27. The first-order valence-corrected chi connectivity index (χ1v) is 2.60. The van der Waals surface area contributed by atoms with E-state index >= 15 is 0 Å². The molecule has 0 bridgehead atoms. The van der Waals surface area contributed by atoms with Gasteiger partial charge in [-0.25, -0.2) is 0 Å². The zero-order valence-electron chi connectivity index (χ0n) is 5.87. The van der Waals surface area contributed by atoms with Gasteiger partial charge in [-0.15, -0.1) is 0 Å². The number of rotatable bonds is 1. The van der Waals surface area contributed by atoms with E-state index in [1.165, 1.54) is 6.26 Å². The quantitative estimate of drug-likeness (QED) is 0.575. The van der Waals surface area contributed by atoms with Crippen molar-refractivity contribution in [2.75, 3.05) is 0 Å². The van der Waals surface area contributed by atoms with Crippen LogP contribution in [0.1, 0.15) is 11.8 Å². The van der Waals surface area contributed by atoms with Gasteiger partial charge in [-0.2, -0.15) is 5.26 Å². The van der Waals surface area contributed by atoms with E-state index in [0.717, 1.165) is 0 Å². The first kappa shape index (κ1) is 8.73. The fraction of sp³-hybridized carbons (Fsp3) is 0.143. The lowest BCUT2D eigenvalue weighted by atomic mass is 10.3. The van der Waals surface area contributed by atoms with Crippen LogP contribution in [0.15, 0.2) is 22.8 Å². The summed E-state index contributed by atoms with van der Waals surface area (Å²) in [4.78, 5) is 0. The molecule has 0 aliphatic carbocycles. The highest BCUT2D eigenvalue weighted by atomic mass is 16.3. The van der Waals surface area contributed by atoms with Crippen LogP contribution < -0.4 is 5.73 Å². The van der Waals surface area contributed by atoms with E-state index in [4.69, 9.17) is 9.68 Å². The first-order valence-electron chi connectivity index (χ1n) is 2.60. The average Bonchev–Trinajstić information content (AvgIpc) is 2.37. The van der Waals surface area contributed by atoms with Gasteiger partial charge in [-0.05, 0) is 12.1 Å². The molecule has 0 fully saturated rings. The van der Waals surface area contributed by atoms with Crippen LogP contribution in [-0.4, -0.2) is 0 Å². The molecule has 54 valence electrons. The van der Waals surface area contributed by atoms with Gasteiger partial charge in [0.15, 0.2) is 5.76 Å². The molecule has 0 saturated carbocycles. The summed E-state index contributed by atoms with van der Waals surface area (Å²) in [5, 5.41) is 8.33. The lowest BCUT2D eigenvalue weighted by Gasteiger charge is -1.89. The zero-order valence-corrected chi connectivity index (χ0v) is 5.87. The van der Waals surface area contributed by atoms with E-state index in [9.17, 15) is 0 Å². The summed E-state index contributed by atoms with van der Waals surface area (Å²) in [7, 11) is 0. The molecule has 1 rings (SSSR count). The Kier molecular flexibility index (Phi) is 3.23. The minimum absolute atomic E-state index is 0. The number of furan rings is 1. The number of nitriles is 1. The number of nitrogens with zero attached hydrogens (tertiary/aromatic N) is 1. The molecule has 3 nitrogen and oxygen atoms in total. The summed E-state index contributed by atoms with van der Waals surface area (Å²) < 4.78 is 4.90. The van der Waals surface area contributed by atoms with Gasteiger partial charge < -0.3 is 17.6 Å². The minimum atomic E-state index is -0.375. The monoisotopic (exact) mass is 138 g/mol. The van der Waals surface area contributed by atoms with Crippen LogP contribution >= 0.6 is 0 Å². The lowest BCUT2D eigenvalue weighted by Crippen LogP contribution is -2.52. The van der Waals surface area contributed by atoms with Crippen LogP contribution in [0, 0.1) is 18.8 Å². The van der Waals surface area contributed by atoms with Crippen molar-refractivity contribution in [1.82, 2.24) is 0 Å². The molecule has 0 amide bonds. The molecule has 10 heavy (non-hydrogen) atoms. The van der Waals surface area contributed by atoms with Crippen molar-refractivity contribution < 1.29 is 10.2 Å². The Balaban J connectivity index is 0.000000810. The Morgan fingerprint density at radius 3 is 2.80 bits per heavy atom. The van der Waals surface area contributed by atoms with Gasteiger partial charge in [-0.1, -0.05) is 0 Å². The summed E-state index contributed by atoms with van der Waals surface area (Å²) in [6.45, 7) is 0. The van der Waals surface area contributed by atoms with E-state index < -0.39 is 0 Å². The van der Waals surface area contributed by atoms with Gasteiger partial charge in [0.2, 0.25) is 6.04 Å². The maximum absolute atomic E-state index is 8.33. The molecule has 0 aromatic carbocycles. The third-order valence-corrected chi connectivity index (χ3v) is 1.04. The highest BCUT2D eigenvalue weighted by Gasteiger charge is 2.08. The lowest BCUT2D eigenvalue weighted by molar-refractivity contribution is -0.409. The van der Waals surface area contributed by atoms with E-state index in [-0.39, 0.29) is 13.5 Å². The fourth-order valence-electron chi connectivity index (χ4n) is 0.553. The molecular weight excluding hydrogens is 128 g/mol. The summed E-state index contributed by atoms with van der Waals surface area (Å²) in [5.74, 6) is 0.623. The van der Waals surface area contributed by atoms with Crippen molar-refractivity contribution >= 4 is 0 Å². The molecule has 3 heteroatoms. The average molecular weight is 138 g/mol. The van der Waals surface area contributed by atoms with Crippen LogP contribution in [0.3, 0.4) is 0 Å². The highest BCUT2D eigenvalue weighted by Crippen LogP contribution is 2.05. The van der Waals surface area contributed by atoms with Crippen LogP contribution in [0.2, 0.25) is 0 Å². The summed E-state index contributed by atoms with van der Waals surface area (Å²) >= 11 is 0. The molecule has 1 atom stereocenters. The van der Waals surface area contributed by atoms with Gasteiger partial charge in [0.25, 0.3) is 0 Å². The molecule has 3 N–H and O–H groups in total. The van der Waals surface area contributed by atoms with Gasteiger partial charge >= 0.3 is 0 Å². The number of quaternary nitrogens is 1. The second kappa shape index (κ2) is 3.70.